The molecule has 2 fully saturated rings. The van der Waals surface area contributed by atoms with Gasteiger partial charge >= 0.3 is 0 Å². The zero-order valence-corrected chi connectivity index (χ0v) is 15.5. The first-order valence-corrected chi connectivity index (χ1v) is 9.24. The minimum atomic E-state index is -0.836. The molecule has 4 rings (SSSR count). The molecular weight excluding hydrogens is 330 g/mol. The van der Waals surface area contributed by atoms with E-state index < -0.39 is 6.10 Å². The number of carbonyl (C=O) groups is 2. The van der Waals surface area contributed by atoms with E-state index in [1.165, 1.54) is 6.42 Å². The van der Waals surface area contributed by atoms with Crippen molar-refractivity contribution in [1.82, 2.24) is 5.43 Å². The topological polar surface area (TPSA) is 79.8 Å². The molecule has 1 aromatic carbocycles. The number of benzene rings is 1. The van der Waals surface area contributed by atoms with E-state index in [0.717, 1.165) is 18.6 Å². The van der Waals surface area contributed by atoms with Gasteiger partial charge in [0.15, 0.2) is 6.10 Å². The monoisotopic (exact) mass is 355 g/mol. The van der Waals surface area contributed by atoms with E-state index in [-0.39, 0.29) is 29.1 Å². The fourth-order valence-electron chi connectivity index (χ4n) is 4.67. The maximum atomic E-state index is 12.3. The van der Waals surface area contributed by atoms with Crippen LogP contribution in [0.1, 0.15) is 46.5 Å². The van der Waals surface area contributed by atoms with Crippen LogP contribution in [0.25, 0.3) is 0 Å². The van der Waals surface area contributed by atoms with Crippen molar-refractivity contribution in [3.63, 3.8) is 0 Å². The fourth-order valence-corrected chi connectivity index (χ4v) is 4.67. The summed E-state index contributed by atoms with van der Waals surface area (Å²) in [5.74, 6) is 0.603. The lowest BCUT2D eigenvalue weighted by Crippen LogP contribution is -2.40. The van der Waals surface area contributed by atoms with E-state index in [1.807, 2.05) is 12.1 Å². The highest BCUT2D eigenvalue weighted by Gasteiger charge is 2.60. The van der Waals surface area contributed by atoms with Crippen molar-refractivity contribution in [2.45, 2.75) is 52.6 Å². The third kappa shape index (κ3) is 2.50. The molecule has 1 heterocycles. The molecule has 26 heavy (non-hydrogen) atoms. The molecule has 2 bridgehead atoms. The van der Waals surface area contributed by atoms with Crippen LogP contribution < -0.4 is 15.5 Å². The van der Waals surface area contributed by atoms with E-state index in [4.69, 9.17) is 4.74 Å². The number of para-hydroxylation sites is 2. The average molecular weight is 355 g/mol. The number of fused-ring (bicyclic) bond motifs is 3. The highest BCUT2D eigenvalue weighted by Crippen LogP contribution is 2.63. The molecule has 3 aliphatic rings. The summed E-state index contributed by atoms with van der Waals surface area (Å²) in [7, 11) is 0. The third-order valence-corrected chi connectivity index (χ3v) is 6.91. The number of ether oxygens (including phenoxy) is 1. The van der Waals surface area contributed by atoms with E-state index in [0.29, 0.717) is 17.4 Å². The van der Waals surface area contributed by atoms with Crippen LogP contribution >= 0.6 is 0 Å². The summed E-state index contributed by atoms with van der Waals surface area (Å²) in [5, 5.41) is 7.21. The highest BCUT2D eigenvalue weighted by molar-refractivity contribution is 6.00. The predicted octanol–water partition coefficient (Wildman–Crippen LogP) is 3.09. The smallest absolute Gasteiger partial charge is 0.266 e. The molecule has 0 unspecified atom stereocenters. The van der Waals surface area contributed by atoms with Gasteiger partial charge in [-0.1, -0.05) is 32.9 Å². The van der Waals surface area contributed by atoms with Gasteiger partial charge in [0.1, 0.15) is 5.75 Å². The van der Waals surface area contributed by atoms with Gasteiger partial charge in [0.05, 0.1) is 12.1 Å². The Morgan fingerprint density at radius 3 is 2.81 bits per heavy atom. The summed E-state index contributed by atoms with van der Waals surface area (Å²) in [6, 6.07) is 7.20. The largest absolute Gasteiger partial charge is 0.478 e. The van der Waals surface area contributed by atoms with Crippen LogP contribution in [0.4, 0.5) is 5.69 Å². The zero-order chi connectivity index (χ0) is 18.5. The number of carbonyl (C=O) groups excluding carboxylic acids is 2. The van der Waals surface area contributed by atoms with Gasteiger partial charge in [-0.3, -0.25) is 9.59 Å². The molecule has 0 saturated heterocycles. The molecule has 3 atom stereocenters. The second-order valence-corrected chi connectivity index (χ2v) is 8.38. The van der Waals surface area contributed by atoms with Gasteiger partial charge in [0.2, 0.25) is 5.91 Å². The Morgan fingerprint density at radius 2 is 2.12 bits per heavy atom. The standard InChI is InChI=1S/C20H25N3O3/c1-19(2)12-8-9-20(19,3)16(10-12)22-23-17(24)11-15-18(25)21-13-6-4-5-7-14(13)26-15/h4-7,12,15H,8-11H2,1-3H3,(H,21,25)(H,23,24)/b22-16+/t12-,15+,20+/m0/s1. The third-order valence-electron chi connectivity index (χ3n) is 6.91. The minimum absolute atomic E-state index is 0.0442. The van der Waals surface area contributed by atoms with E-state index in [9.17, 15) is 9.59 Å². The second-order valence-electron chi connectivity index (χ2n) is 8.38. The molecule has 2 aliphatic carbocycles. The van der Waals surface area contributed by atoms with Crippen LogP contribution in [0, 0.1) is 16.7 Å². The van der Waals surface area contributed by atoms with Gasteiger partial charge in [0, 0.05) is 11.1 Å². The molecule has 1 aromatic rings. The van der Waals surface area contributed by atoms with Gasteiger partial charge in [-0.25, -0.2) is 5.43 Å². The van der Waals surface area contributed by atoms with Crippen molar-refractivity contribution in [1.29, 1.82) is 0 Å². The molecule has 0 spiro atoms. The number of anilines is 1. The van der Waals surface area contributed by atoms with Gasteiger partial charge in [-0.15, -0.1) is 0 Å². The molecule has 2 amide bonds. The van der Waals surface area contributed by atoms with E-state index >= 15 is 0 Å². The van der Waals surface area contributed by atoms with Crippen molar-refractivity contribution in [3.8, 4) is 5.75 Å². The number of hydrogen-bond donors (Lipinski definition) is 2. The molecular formula is C20H25N3O3. The Bertz CT molecular complexity index is 801. The SMILES string of the molecule is CC1(C)[C@H]2CC[C@]1(C)/C(=N/NC(=O)C[C@H]1Oc3ccccc3NC1=O)C2. The molecule has 2 N–H and O–H groups in total. The Kier molecular flexibility index (Phi) is 3.82. The van der Waals surface area contributed by atoms with Crippen LogP contribution in [-0.4, -0.2) is 23.6 Å². The number of hydrazone groups is 1. The summed E-state index contributed by atoms with van der Waals surface area (Å²) in [4.78, 5) is 24.5. The van der Waals surface area contributed by atoms with Crippen LogP contribution in [-0.2, 0) is 9.59 Å². The Balaban J connectivity index is 1.40. The summed E-state index contributed by atoms with van der Waals surface area (Å²) in [5.41, 5.74) is 4.62. The summed E-state index contributed by atoms with van der Waals surface area (Å²) < 4.78 is 5.67. The number of hydrogen-bond acceptors (Lipinski definition) is 4. The number of amides is 2. The maximum Gasteiger partial charge on any atom is 0.266 e. The first kappa shape index (κ1) is 17.1. The Hall–Kier alpha value is -2.37. The molecule has 0 radical (unpaired) electrons. The van der Waals surface area contributed by atoms with Gasteiger partial charge in [-0.05, 0) is 42.7 Å². The molecule has 1 aliphatic heterocycles. The maximum absolute atomic E-state index is 12.3. The summed E-state index contributed by atoms with van der Waals surface area (Å²) in [6.07, 6.45) is 2.39. The normalized spacial score (nSPS) is 32.7. The molecule has 6 nitrogen and oxygen atoms in total. The molecule has 0 aromatic heterocycles. The van der Waals surface area contributed by atoms with Crippen molar-refractivity contribution in [3.05, 3.63) is 24.3 Å². The highest BCUT2D eigenvalue weighted by atomic mass is 16.5. The predicted molar refractivity (Wildman–Crippen MR) is 98.9 cm³/mol. The number of rotatable bonds is 3. The first-order valence-electron chi connectivity index (χ1n) is 9.24. The summed E-state index contributed by atoms with van der Waals surface area (Å²) in [6.45, 7) is 6.85. The first-order chi connectivity index (χ1) is 12.3. The number of nitrogens with one attached hydrogen (secondary N) is 2. The lowest BCUT2D eigenvalue weighted by atomic mass is 9.70. The van der Waals surface area contributed by atoms with Crippen molar-refractivity contribution in [2.75, 3.05) is 5.32 Å². The van der Waals surface area contributed by atoms with Crippen molar-refractivity contribution in [2.24, 2.45) is 21.8 Å². The Morgan fingerprint density at radius 1 is 1.35 bits per heavy atom. The van der Waals surface area contributed by atoms with E-state index in [1.54, 1.807) is 12.1 Å². The van der Waals surface area contributed by atoms with Gasteiger partial charge in [0.25, 0.3) is 5.91 Å². The lowest BCUT2D eigenvalue weighted by molar-refractivity contribution is -0.130. The Labute approximate surface area is 153 Å². The lowest BCUT2D eigenvalue weighted by Gasteiger charge is -2.34. The van der Waals surface area contributed by atoms with Crippen molar-refractivity contribution < 1.29 is 14.3 Å². The van der Waals surface area contributed by atoms with E-state index in [2.05, 4.69) is 36.6 Å². The van der Waals surface area contributed by atoms with Gasteiger partial charge in [-0.2, -0.15) is 5.10 Å². The van der Waals surface area contributed by atoms with Gasteiger partial charge < -0.3 is 10.1 Å². The quantitative estimate of drug-likeness (QED) is 0.818. The van der Waals surface area contributed by atoms with Crippen LogP contribution in [0.5, 0.6) is 5.75 Å². The number of nitrogens with zero attached hydrogens (tertiary/aromatic N) is 1. The molecule has 138 valence electrons. The average Bonchev–Trinajstić information content (AvgIpc) is 2.94. The zero-order valence-electron chi connectivity index (χ0n) is 15.5. The molecule has 2 saturated carbocycles. The fraction of sp³-hybridized carbons (Fsp3) is 0.550. The van der Waals surface area contributed by atoms with Crippen LogP contribution in [0.3, 0.4) is 0 Å². The molecule has 6 heteroatoms. The van der Waals surface area contributed by atoms with Crippen LogP contribution in [0.2, 0.25) is 0 Å². The minimum Gasteiger partial charge on any atom is -0.478 e. The second kappa shape index (κ2) is 5.83. The van der Waals surface area contributed by atoms with Crippen LogP contribution in [0.15, 0.2) is 29.4 Å². The van der Waals surface area contributed by atoms with Crippen molar-refractivity contribution >= 4 is 23.2 Å². The summed E-state index contributed by atoms with van der Waals surface area (Å²) >= 11 is 0.